The summed E-state index contributed by atoms with van der Waals surface area (Å²) in [5.41, 5.74) is 0. The van der Waals surface area contributed by atoms with E-state index >= 15 is 0 Å². The molecule has 1 rings (SSSR count). The number of nitrogens with zero attached hydrogens (tertiary/aromatic N) is 1. The quantitative estimate of drug-likeness (QED) is 0.722. The van der Waals surface area contributed by atoms with Crippen LogP contribution in [0.5, 0.6) is 0 Å². The van der Waals surface area contributed by atoms with Crippen molar-refractivity contribution >= 4 is 33.0 Å². The fourth-order valence-corrected chi connectivity index (χ4v) is 4.95. The molecule has 0 atom stereocenters. The molecule has 0 saturated heterocycles. The van der Waals surface area contributed by atoms with E-state index in [1.807, 2.05) is 13.8 Å². The van der Waals surface area contributed by atoms with Crippen molar-refractivity contribution in [2.75, 3.05) is 13.1 Å². The lowest BCUT2D eigenvalue weighted by molar-refractivity contribution is 0.419. The van der Waals surface area contributed by atoms with Crippen molar-refractivity contribution in [1.29, 1.82) is 0 Å². The number of unbranched alkanes of at least 4 members (excludes halogenated alkanes) is 1. The molecule has 1 aromatic rings. The lowest BCUT2D eigenvalue weighted by Gasteiger charge is -2.19. The van der Waals surface area contributed by atoms with Crippen LogP contribution in [-0.2, 0) is 15.9 Å². The molecule has 0 N–H and O–H groups in total. The van der Waals surface area contributed by atoms with Crippen LogP contribution in [0.1, 0.15) is 36.4 Å². The third-order valence-corrected chi connectivity index (χ3v) is 6.51. The van der Waals surface area contributed by atoms with Crippen LogP contribution < -0.4 is 0 Å². The fourth-order valence-electron chi connectivity index (χ4n) is 1.77. The van der Waals surface area contributed by atoms with Crippen molar-refractivity contribution in [3.05, 3.63) is 15.8 Å². The molecular weight excluding hydrogens is 290 g/mol. The smallest absolute Gasteiger partial charge is 0.207 e. The molecule has 1 aromatic heterocycles. The molecule has 0 amide bonds. The van der Waals surface area contributed by atoms with Gasteiger partial charge in [-0.25, -0.2) is 8.42 Å². The number of alkyl halides is 1. The van der Waals surface area contributed by atoms with Gasteiger partial charge in [0.15, 0.2) is 0 Å². The second kappa shape index (κ2) is 6.89. The number of sulfonamides is 1. The normalized spacial score (nSPS) is 12.3. The molecule has 0 fully saturated rings. The average molecular weight is 310 g/mol. The minimum absolute atomic E-state index is 0.363. The van der Waals surface area contributed by atoms with Crippen molar-refractivity contribution in [2.24, 2.45) is 0 Å². The average Bonchev–Trinajstić information content (AvgIpc) is 2.72. The van der Waals surface area contributed by atoms with Gasteiger partial charge in [0, 0.05) is 22.8 Å². The van der Waals surface area contributed by atoms with Crippen LogP contribution in [-0.4, -0.2) is 25.8 Å². The summed E-state index contributed by atoms with van der Waals surface area (Å²) in [5.74, 6) is 0.363. The molecule has 0 aliphatic rings. The molecule has 1 heterocycles. The van der Waals surface area contributed by atoms with Gasteiger partial charge in [-0.05, 0) is 19.4 Å². The highest BCUT2D eigenvalue weighted by Gasteiger charge is 2.26. The summed E-state index contributed by atoms with van der Waals surface area (Å²) < 4.78 is 26.6. The van der Waals surface area contributed by atoms with E-state index in [2.05, 4.69) is 6.92 Å². The number of hydrogen-bond acceptors (Lipinski definition) is 3. The van der Waals surface area contributed by atoms with E-state index in [1.165, 1.54) is 11.3 Å². The summed E-state index contributed by atoms with van der Waals surface area (Å²) >= 11 is 7.22. The van der Waals surface area contributed by atoms with E-state index in [9.17, 15) is 8.42 Å². The molecule has 6 heteroatoms. The van der Waals surface area contributed by atoms with E-state index in [4.69, 9.17) is 11.6 Å². The van der Waals surface area contributed by atoms with Gasteiger partial charge in [-0.2, -0.15) is 4.31 Å². The molecule has 0 bridgehead atoms. The number of halogens is 1. The summed E-state index contributed by atoms with van der Waals surface area (Å²) in [4.78, 5) is 2.14. The van der Waals surface area contributed by atoms with Crippen LogP contribution >= 0.6 is 22.9 Å². The summed E-state index contributed by atoms with van der Waals surface area (Å²) in [6.45, 7) is 6.86. The van der Waals surface area contributed by atoms with Crippen molar-refractivity contribution in [3.8, 4) is 0 Å². The number of aryl methyl sites for hydroxylation is 1. The van der Waals surface area contributed by atoms with Gasteiger partial charge in [0.05, 0.1) is 10.8 Å². The molecule has 104 valence electrons. The van der Waals surface area contributed by atoms with Crippen molar-refractivity contribution in [1.82, 2.24) is 4.31 Å². The Morgan fingerprint density at radius 3 is 2.50 bits per heavy atom. The summed E-state index contributed by atoms with van der Waals surface area (Å²) in [5, 5.41) is 0. The van der Waals surface area contributed by atoms with Crippen LogP contribution in [0.2, 0.25) is 0 Å². The van der Waals surface area contributed by atoms with Crippen LogP contribution in [0.3, 0.4) is 0 Å². The van der Waals surface area contributed by atoms with Crippen LogP contribution in [0.15, 0.2) is 11.0 Å². The van der Waals surface area contributed by atoms with Crippen LogP contribution in [0, 0.1) is 6.92 Å². The molecule has 0 aromatic carbocycles. The largest absolute Gasteiger partial charge is 0.244 e. The summed E-state index contributed by atoms with van der Waals surface area (Å²) in [6, 6.07) is 1.71. The topological polar surface area (TPSA) is 37.4 Å². The Morgan fingerprint density at radius 2 is 2.06 bits per heavy atom. The lowest BCUT2D eigenvalue weighted by Crippen LogP contribution is -2.31. The second-order valence-electron chi connectivity index (χ2n) is 4.12. The first-order valence-electron chi connectivity index (χ1n) is 6.12. The SMILES string of the molecule is CCCCN(CC)S(=O)(=O)c1cc(CCl)sc1C. The number of hydrogen-bond donors (Lipinski definition) is 0. The molecule has 0 saturated carbocycles. The van der Waals surface area contributed by atoms with Crippen LogP contribution in [0.25, 0.3) is 0 Å². The third kappa shape index (κ3) is 3.47. The zero-order chi connectivity index (χ0) is 13.8. The first-order chi connectivity index (χ1) is 8.47. The summed E-state index contributed by atoms with van der Waals surface area (Å²) in [7, 11) is -3.36. The van der Waals surface area contributed by atoms with E-state index in [0.29, 0.717) is 23.9 Å². The predicted octanol–water partition coefficient (Wildman–Crippen LogP) is 3.61. The lowest BCUT2D eigenvalue weighted by atomic mass is 10.3. The zero-order valence-corrected chi connectivity index (χ0v) is 13.5. The maximum absolute atomic E-state index is 12.5. The Bertz CT molecular complexity index is 482. The summed E-state index contributed by atoms with van der Waals surface area (Å²) in [6.07, 6.45) is 1.88. The number of rotatable bonds is 7. The first kappa shape index (κ1) is 16.0. The van der Waals surface area contributed by atoms with Crippen LogP contribution in [0.4, 0.5) is 0 Å². The van der Waals surface area contributed by atoms with Gasteiger partial charge < -0.3 is 0 Å². The van der Waals surface area contributed by atoms with E-state index in [-0.39, 0.29) is 0 Å². The van der Waals surface area contributed by atoms with Crippen molar-refractivity contribution in [3.63, 3.8) is 0 Å². The van der Waals surface area contributed by atoms with E-state index in [1.54, 1.807) is 10.4 Å². The monoisotopic (exact) mass is 309 g/mol. The molecule has 0 aliphatic heterocycles. The van der Waals surface area contributed by atoms with Gasteiger partial charge in [-0.3, -0.25) is 0 Å². The van der Waals surface area contributed by atoms with Crippen molar-refractivity contribution in [2.45, 2.75) is 44.4 Å². The Labute approximate surface area is 119 Å². The highest BCUT2D eigenvalue weighted by atomic mass is 35.5. The second-order valence-corrected chi connectivity index (χ2v) is 7.63. The van der Waals surface area contributed by atoms with E-state index < -0.39 is 10.0 Å². The highest BCUT2D eigenvalue weighted by Crippen LogP contribution is 2.29. The molecule has 3 nitrogen and oxygen atoms in total. The Morgan fingerprint density at radius 1 is 1.39 bits per heavy atom. The predicted molar refractivity (Wildman–Crippen MR) is 78.0 cm³/mol. The molecule has 18 heavy (non-hydrogen) atoms. The van der Waals surface area contributed by atoms with Crippen molar-refractivity contribution < 1.29 is 8.42 Å². The van der Waals surface area contributed by atoms with Gasteiger partial charge in [-0.1, -0.05) is 20.3 Å². The third-order valence-electron chi connectivity index (χ3n) is 2.79. The zero-order valence-electron chi connectivity index (χ0n) is 11.1. The minimum atomic E-state index is -3.36. The standard InChI is InChI=1S/C12H20ClNO2S2/c1-4-6-7-14(5-2)18(15,16)12-8-11(9-13)17-10(12)3/h8H,4-7,9H2,1-3H3. The maximum atomic E-state index is 12.5. The Balaban J connectivity index is 3.06. The molecule has 0 aliphatic carbocycles. The first-order valence-corrected chi connectivity index (χ1v) is 8.91. The molecule has 0 unspecified atom stereocenters. The minimum Gasteiger partial charge on any atom is -0.207 e. The molecule has 0 spiro atoms. The molecular formula is C12H20ClNO2S2. The fraction of sp³-hybridized carbons (Fsp3) is 0.667. The molecule has 0 radical (unpaired) electrons. The maximum Gasteiger partial charge on any atom is 0.244 e. The van der Waals surface area contributed by atoms with Gasteiger partial charge in [0.1, 0.15) is 0 Å². The Kier molecular flexibility index (Phi) is 6.11. The van der Waals surface area contributed by atoms with Gasteiger partial charge in [-0.15, -0.1) is 22.9 Å². The van der Waals surface area contributed by atoms with Gasteiger partial charge in [0.25, 0.3) is 0 Å². The van der Waals surface area contributed by atoms with Gasteiger partial charge >= 0.3 is 0 Å². The van der Waals surface area contributed by atoms with Gasteiger partial charge in [0.2, 0.25) is 10.0 Å². The van der Waals surface area contributed by atoms with E-state index in [0.717, 1.165) is 22.6 Å². The highest BCUT2D eigenvalue weighted by molar-refractivity contribution is 7.89. The Hall–Kier alpha value is -0.100. The number of thiophene rings is 1.